The van der Waals surface area contributed by atoms with Crippen molar-refractivity contribution in [3.63, 3.8) is 0 Å². The standard InChI is InChI=1S/C8H7NO5.Na.H/c1-14-7-3-2-5(9(12)13)4-6(7)8(10)11;;/h2-4H,1H3,(H,10,11);;. The van der Waals surface area contributed by atoms with Crippen LogP contribution in [-0.4, -0.2) is 52.7 Å². The molecule has 0 heterocycles. The molecule has 0 aliphatic carbocycles. The summed E-state index contributed by atoms with van der Waals surface area (Å²) >= 11 is 0. The van der Waals surface area contributed by atoms with Crippen LogP contribution in [0.15, 0.2) is 18.2 Å². The average molecular weight is 221 g/mol. The van der Waals surface area contributed by atoms with Gasteiger partial charge in [0.15, 0.2) is 0 Å². The number of carboxylic acid groups (broad SMARTS) is 1. The van der Waals surface area contributed by atoms with Crippen molar-refractivity contribution in [3.8, 4) is 5.75 Å². The van der Waals surface area contributed by atoms with E-state index in [-0.39, 0.29) is 46.6 Å². The number of carbonyl (C=O) groups is 1. The van der Waals surface area contributed by atoms with E-state index in [2.05, 4.69) is 0 Å². The Balaban J connectivity index is 0.00000196. The maximum absolute atomic E-state index is 10.7. The molecule has 1 aromatic rings. The number of benzene rings is 1. The monoisotopic (exact) mass is 221 g/mol. The van der Waals surface area contributed by atoms with E-state index in [9.17, 15) is 14.9 Å². The Bertz CT molecular complexity index is 393. The van der Waals surface area contributed by atoms with Gasteiger partial charge >= 0.3 is 35.5 Å². The summed E-state index contributed by atoms with van der Waals surface area (Å²) in [6.45, 7) is 0. The molecule has 0 bridgehead atoms. The summed E-state index contributed by atoms with van der Waals surface area (Å²) in [7, 11) is 1.30. The fourth-order valence-electron chi connectivity index (χ4n) is 0.977. The molecule has 0 fully saturated rings. The molecule has 0 aliphatic heterocycles. The topological polar surface area (TPSA) is 89.7 Å². The fourth-order valence-corrected chi connectivity index (χ4v) is 0.977. The van der Waals surface area contributed by atoms with Gasteiger partial charge < -0.3 is 9.84 Å². The van der Waals surface area contributed by atoms with Crippen LogP contribution in [0.25, 0.3) is 0 Å². The van der Waals surface area contributed by atoms with Crippen molar-refractivity contribution in [2.24, 2.45) is 0 Å². The van der Waals surface area contributed by atoms with Crippen molar-refractivity contribution >= 4 is 41.2 Å². The molecule has 0 radical (unpaired) electrons. The molecule has 0 aromatic heterocycles. The van der Waals surface area contributed by atoms with E-state index in [1.165, 1.54) is 19.2 Å². The Hall–Kier alpha value is -1.11. The summed E-state index contributed by atoms with van der Waals surface area (Å²) in [6.07, 6.45) is 0. The molecule has 0 saturated heterocycles. The van der Waals surface area contributed by atoms with E-state index in [1.54, 1.807) is 0 Å². The van der Waals surface area contributed by atoms with Crippen molar-refractivity contribution in [1.29, 1.82) is 0 Å². The molecular formula is C8H8NNaO5. The molecule has 1 N–H and O–H groups in total. The molecule has 6 nitrogen and oxygen atoms in total. The quantitative estimate of drug-likeness (QED) is 0.459. The third-order valence-corrected chi connectivity index (χ3v) is 1.62. The van der Waals surface area contributed by atoms with Crippen molar-refractivity contribution in [2.75, 3.05) is 7.11 Å². The van der Waals surface area contributed by atoms with Crippen molar-refractivity contribution in [2.45, 2.75) is 0 Å². The van der Waals surface area contributed by atoms with Crippen LogP contribution in [0.1, 0.15) is 10.4 Å². The number of hydrogen-bond donors (Lipinski definition) is 1. The SMILES string of the molecule is COc1ccc([N+](=O)[O-])cc1C(=O)O.[NaH]. The van der Waals surface area contributed by atoms with Gasteiger partial charge in [0.05, 0.1) is 12.0 Å². The number of nitrogens with zero attached hydrogens (tertiary/aromatic N) is 1. The second kappa shape index (κ2) is 5.69. The summed E-state index contributed by atoms with van der Waals surface area (Å²) < 4.78 is 4.74. The van der Waals surface area contributed by atoms with E-state index < -0.39 is 10.9 Å². The molecule has 0 amide bonds. The predicted octanol–water partition coefficient (Wildman–Crippen LogP) is 0.653. The average Bonchev–Trinajstić information content (AvgIpc) is 2.16. The van der Waals surface area contributed by atoms with Crippen molar-refractivity contribution in [1.82, 2.24) is 0 Å². The Morgan fingerprint density at radius 3 is 2.53 bits per heavy atom. The second-order valence-electron chi connectivity index (χ2n) is 2.45. The van der Waals surface area contributed by atoms with Gasteiger partial charge in [0.1, 0.15) is 11.3 Å². The number of non-ortho nitro benzene ring substituents is 1. The molecule has 76 valence electrons. The molecular weight excluding hydrogens is 213 g/mol. The van der Waals surface area contributed by atoms with E-state index >= 15 is 0 Å². The van der Waals surface area contributed by atoms with Gasteiger partial charge in [-0.1, -0.05) is 0 Å². The van der Waals surface area contributed by atoms with E-state index in [4.69, 9.17) is 9.84 Å². The zero-order valence-corrected chi connectivity index (χ0v) is 7.26. The zero-order valence-electron chi connectivity index (χ0n) is 7.26. The number of methoxy groups -OCH3 is 1. The van der Waals surface area contributed by atoms with Crippen LogP contribution in [0.5, 0.6) is 5.75 Å². The predicted molar refractivity (Wildman–Crippen MR) is 53.8 cm³/mol. The molecule has 0 saturated carbocycles. The summed E-state index contributed by atoms with van der Waals surface area (Å²) in [4.78, 5) is 20.3. The molecule has 15 heavy (non-hydrogen) atoms. The van der Waals surface area contributed by atoms with Crippen LogP contribution in [0.3, 0.4) is 0 Å². The molecule has 7 heteroatoms. The number of ether oxygens (including phenoxy) is 1. The van der Waals surface area contributed by atoms with Crippen molar-refractivity contribution in [3.05, 3.63) is 33.9 Å². The summed E-state index contributed by atoms with van der Waals surface area (Å²) in [5.74, 6) is -1.16. The second-order valence-corrected chi connectivity index (χ2v) is 2.45. The number of aromatic carboxylic acids is 1. The first-order valence-corrected chi connectivity index (χ1v) is 3.62. The van der Waals surface area contributed by atoms with Crippen LogP contribution in [0.2, 0.25) is 0 Å². The number of nitro benzene ring substituents is 1. The van der Waals surface area contributed by atoms with Gasteiger partial charge in [-0.05, 0) is 6.07 Å². The Labute approximate surface area is 107 Å². The Morgan fingerprint density at radius 1 is 1.53 bits per heavy atom. The van der Waals surface area contributed by atoms with E-state index in [1.807, 2.05) is 0 Å². The maximum atomic E-state index is 10.7. The summed E-state index contributed by atoms with van der Waals surface area (Å²) in [5, 5.41) is 19.0. The van der Waals surface area contributed by atoms with Gasteiger partial charge in [0.25, 0.3) is 5.69 Å². The van der Waals surface area contributed by atoms with Gasteiger partial charge in [0.2, 0.25) is 0 Å². The fraction of sp³-hybridized carbons (Fsp3) is 0.125. The first-order chi connectivity index (χ1) is 6.56. The molecule has 0 unspecified atom stereocenters. The minimum atomic E-state index is -1.26. The summed E-state index contributed by atoms with van der Waals surface area (Å²) in [6, 6.07) is 3.40. The first-order valence-electron chi connectivity index (χ1n) is 3.62. The number of carboxylic acids is 1. The minimum absolute atomic E-state index is 0. The molecule has 1 aromatic carbocycles. The van der Waals surface area contributed by atoms with Crippen molar-refractivity contribution < 1.29 is 19.6 Å². The van der Waals surface area contributed by atoms with Crippen LogP contribution in [-0.2, 0) is 0 Å². The molecule has 0 aliphatic rings. The zero-order chi connectivity index (χ0) is 10.7. The van der Waals surface area contributed by atoms with Crippen LogP contribution < -0.4 is 4.74 Å². The van der Waals surface area contributed by atoms with Gasteiger partial charge in [-0.2, -0.15) is 0 Å². The van der Waals surface area contributed by atoms with Crippen LogP contribution in [0, 0.1) is 10.1 Å². The van der Waals surface area contributed by atoms with Gasteiger partial charge in [-0.25, -0.2) is 4.79 Å². The molecule has 0 atom stereocenters. The number of rotatable bonds is 3. The van der Waals surface area contributed by atoms with E-state index in [0.29, 0.717) is 0 Å². The molecule has 1 rings (SSSR count). The van der Waals surface area contributed by atoms with Crippen LogP contribution >= 0.6 is 0 Å². The molecule has 0 spiro atoms. The normalized spacial score (nSPS) is 8.87. The number of hydrogen-bond acceptors (Lipinski definition) is 4. The number of nitro groups is 1. The van der Waals surface area contributed by atoms with Gasteiger partial charge in [0, 0.05) is 12.1 Å². The third-order valence-electron chi connectivity index (χ3n) is 1.62. The van der Waals surface area contributed by atoms with E-state index in [0.717, 1.165) is 6.07 Å². The Morgan fingerprint density at radius 2 is 2.13 bits per heavy atom. The summed E-state index contributed by atoms with van der Waals surface area (Å²) in [5.41, 5.74) is -0.495. The Kier molecular flexibility index (Phi) is 5.27. The van der Waals surface area contributed by atoms with Gasteiger partial charge in [-0.3, -0.25) is 10.1 Å². The third kappa shape index (κ3) is 3.19. The van der Waals surface area contributed by atoms with Gasteiger partial charge in [-0.15, -0.1) is 0 Å². The van der Waals surface area contributed by atoms with Crippen LogP contribution in [0.4, 0.5) is 5.69 Å². The first kappa shape index (κ1) is 13.9.